The first kappa shape index (κ1) is 10.9. The molecule has 3 aliphatic carbocycles. The maximum atomic E-state index is 11.9. The molecule has 0 amide bonds. The van der Waals surface area contributed by atoms with Crippen LogP contribution < -0.4 is 5.73 Å². The molecule has 0 heterocycles. The van der Waals surface area contributed by atoms with E-state index in [0.717, 1.165) is 32.2 Å². The number of hydrogen-bond donors (Lipinski definition) is 1. The molecule has 3 fully saturated rings. The van der Waals surface area contributed by atoms with Crippen LogP contribution in [0.5, 0.6) is 0 Å². The zero-order chi connectivity index (χ0) is 11.3. The van der Waals surface area contributed by atoms with Gasteiger partial charge in [0.05, 0.1) is 5.41 Å². The molecule has 0 aliphatic heterocycles. The summed E-state index contributed by atoms with van der Waals surface area (Å²) in [4.78, 5) is 11.9. The van der Waals surface area contributed by atoms with E-state index in [1.54, 1.807) is 0 Å². The molecular formula is C12H21NO2. The van der Waals surface area contributed by atoms with Crippen molar-refractivity contribution in [2.24, 2.45) is 16.6 Å². The van der Waals surface area contributed by atoms with Gasteiger partial charge in [-0.2, -0.15) is 0 Å². The second-order valence-corrected chi connectivity index (χ2v) is 6.35. The predicted octanol–water partition coefficient (Wildman–Crippen LogP) is 1.85. The van der Waals surface area contributed by atoms with Crippen molar-refractivity contribution < 1.29 is 9.53 Å². The third-order valence-electron chi connectivity index (χ3n) is 3.65. The van der Waals surface area contributed by atoms with Crippen molar-refractivity contribution in [2.75, 3.05) is 6.54 Å². The van der Waals surface area contributed by atoms with Crippen molar-refractivity contribution >= 4 is 5.97 Å². The zero-order valence-corrected chi connectivity index (χ0v) is 9.93. The first-order valence-electron chi connectivity index (χ1n) is 5.75. The highest BCUT2D eigenvalue weighted by molar-refractivity contribution is 5.81. The lowest BCUT2D eigenvalue weighted by molar-refractivity contribution is -0.236. The summed E-state index contributed by atoms with van der Waals surface area (Å²) in [5.74, 6) is 0.00824. The first-order valence-corrected chi connectivity index (χ1v) is 5.75. The van der Waals surface area contributed by atoms with Gasteiger partial charge in [-0.3, -0.25) is 4.79 Å². The molecule has 0 unspecified atom stereocenters. The lowest BCUT2D eigenvalue weighted by atomic mass is 9.34. The van der Waals surface area contributed by atoms with Gasteiger partial charge in [-0.25, -0.2) is 0 Å². The minimum atomic E-state index is -0.354. The lowest BCUT2D eigenvalue weighted by Crippen LogP contribution is -2.66. The first-order chi connectivity index (χ1) is 6.81. The van der Waals surface area contributed by atoms with Crippen LogP contribution in [-0.4, -0.2) is 18.1 Å². The van der Waals surface area contributed by atoms with Crippen molar-refractivity contribution in [3.05, 3.63) is 0 Å². The number of esters is 1. The molecule has 0 aromatic heterocycles. The van der Waals surface area contributed by atoms with Gasteiger partial charge < -0.3 is 10.5 Å². The molecule has 15 heavy (non-hydrogen) atoms. The molecule has 0 aromatic rings. The number of ether oxygens (including phenoxy) is 1. The molecule has 3 nitrogen and oxygen atoms in total. The highest BCUT2D eigenvalue weighted by Crippen LogP contribution is 2.75. The molecular weight excluding hydrogens is 190 g/mol. The smallest absolute Gasteiger partial charge is 0.312 e. The molecule has 2 N–H and O–H groups in total. The van der Waals surface area contributed by atoms with Crippen molar-refractivity contribution in [3.8, 4) is 0 Å². The van der Waals surface area contributed by atoms with Crippen LogP contribution in [0.2, 0.25) is 0 Å². The number of rotatable bonds is 3. The summed E-state index contributed by atoms with van der Waals surface area (Å²) >= 11 is 0. The minimum Gasteiger partial charge on any atom is -0.460 e. The van der Waals surface area contributed by atoms with Gasteiger partial charge in [0.2, 0.25) is 0 Å². The third-order valence-corrected chi connectivity index (χ3v) is 3.65. The summed E-state index contributed by atoms with van der Waals surface area (Å²) < 4.78 is 5.44. The Morgan fingerprint density at radius 1 is 1.33 bits per heavy atom. The molecule has 0 spiro atoms. The largest absolute Gasteiger partial charge is 0.460 e. The topological polar surface area (TPSA) is 52.3 Å². The quantitative estimate of drug-likeness (QED) is 0.725. The van der Waals surface area contributed by atoms with Gasteiger partial charge in [-0.05, 0) is 58.4 Å². The van der Waals surface area contributed by atoms with E-state index in [4.69, 9.17) is 10.5 Å². The summed E-state index contributed by atoms with van der Waals surface area (Å²) in [6.45, 7) is 6.51. The second kappa shape index (κ2) is 2.97. The van der Waals surface area contributed by atoms with E-state index in [0.29, 0.717) is 5.41 Å². The Morgan fingerprint density at radius 3 is 2.27 bits per heavy atom. The van der Waals surface area contributed by atoms with E-state index in [1.165, 1.54) is 0 Å². The van der Waals surface area contributed by atoms with Crippen molar-refractivity contribution in [1.29, 1.82) is 0 Å². The summed E-state index contributed by atoms with van der Waals surface area (Å²) in [6, 6.07) is 0. The zero-order valence-electron chi connectivity index (χ0n) is 9.93. The van der Waals surface area contributed by atoms with E-state index in [-0.39, 0.29) is 17.0 Å². The van der Waals surface area contributed by atoms with E-state index < -0.39 is 0 Å². The number of carbonyl (C=O) groups excluding carboxylic acids is 1. The van der Waals surface area contributed by atoms with Gasteiger partial charge in [-0.1, -0.05) is 0 Å². The third kappa shape index (κ3) is 1.67. The van der Waals surface area contributed by atoms with Gasteiger partial charge in [0.25, 0.3) is 0 Å². The Kier molecular flexibility index (Phi) is 2.16. The van der Waals surface area contributed by atoms with Crippen LogP contribution in [0.4, 0.5) is 0 Å². The molecule has 3 saturated carbocycles. The van der Waals surface area contributed by atoms with Gasteiger partial charge in [0.15, 0.2) is 0 Å². The molecule has 2 bridgehead atoms. The maximum absolute atomic E-state index is 11.9. The van der Waals surface area contributed by atoms with Crippen LogP contribution in [0.15, 0.2) is 0 Å². The molecule has 86 valence electrons. The summed E-state index contributed by atoms with van der Waals surface area (Å²) in [6.07, 6.45) is 4.09. The van der Waals surface area contributed by atoms with Crippen LogP contribution >= 0.6 is 0 Å². The van der Waals surface area contributed by atoms with E-state index in [1.807, 2.05) is 20.8 Å². The van der Waals surface area contributed by atoms with Crippen molar-refractivity contribution in [3.63, 3.8) is 0 Å². The standard InChI is InChI=1S/C12H21NO2/c1-10(2,3)15-9(14)12-6-11(7-12,8-12)4-5-13/h4-8,13H2,1-3H3. The SMILES string of the molecule is CC(C)(C)OC(=O)C12CC(CCN)(C1)C2. The average molecular weight is 211 g/mol. The predicted molar refractivity (Wildman–Crippen MR) is 58.2 cm³/mol. The molecule has 0 saturated heterocycles. The Balaban J connectivity index is 1.87. The highest BCUT2D eigenvalue weighted by Gasteiger charge is 2.71. The molecule has 3 rings (SSSR count). The van der Waals surface area contributed by atoms with E-state index >= 15 is 0 Å². The Morgan fingerprint density at radius 2 is 1.87 bits per heavy atom. The fourth-order valence-corrected chi connectivity index (χ4v) is 3.17. The van der Waals surface area contributed by atoms with Gasteiger partial charge in [-0.15, -0.1) is 0 Å². The Hall–Kier alpha value is -0.570. The minimum absolute atomic E-state index is 0.00824. The second-order valence-electron chi connectivity index (χ2n) is 6.35. The summed E-state index contributed by atoms with van der Waals surface area (Å²) in [7, 11) is 0. The van der Waals surface area contributed by atoms with Crippen LogP contribution in [0, 0.1) is 10.8 Å². The molecule has 0 atom stereocenters. The average Bonchev–Trinajstić information content (AvgIpc) is 1.89. The number of nitrogens with two attached hydrogens (primary N) is 1. The van der Waals surface area contributed by atoms with Gasteiger partial charge in [0, 0.05) is 0 Å². The van der Waals surface area contributed by atoms with Crippen molar-refractivity contribution in [2.45, 2.75) is 52.1 Å². The normalized spacial score (nSPS) is 37.9. The van der Waals surface area contributed by atoms with Gasteiger partial charge in [0.1, 0.15) is 5.60 Å². The monoisotopic (exact) mass is 211 g/mol. The summed E-state index contributed by atoms with van der Waals surface area (Å²) in [5, 5.41) is 0. The Bertz CT molecular complexity index is 271. The number of carbonyl (C=O) groups is 1. The molecule has 0 radical (unpaired) electrons. The van der Waals surface area contributed by atoms with E-state index in [2.05, 4.69) is 0 Å². The van der Waals surface area contributed by atoms with Crippen LogP contribution in [-0.2, 0) is 9.53 Å². The van der Waals surface area contributed by atoms with Crippen LogP contribution in [0.3, 0.4) is 0 Å². The fourth-order valence-electron chi connectivity index (χ4n) is 3.17. The Labute approximate surface area is 91.4 Å². The molecule has 0 aromatic carbocycles. The molecule has 3 heteroatoms. The fraction of sp³-hybridized carbons (Fsp3) is 0.917. The van der Waals surface area contributed by atoms with Crippen LogP contribution in [0.1, 0.15) is 46.5 Å². The summed E-state index contributed by atoms with van der Waals surface area (Å²) in [5.41, 5.74) is 5.49. The lowest BCUT2D eigenvalue weighted by Gasteiger charge is -2.69. The van der Waals surface area contributed by atoms with E-state index in [9.17, 15) is 4.79 Å². The number of hydrogen-bond acceptors (Lipinski definition) is 3. The highest BCUT2D eigenvalue weighted by atomic mass is 16.6. The molecule has 3 aliphatic rings. The maximum Gasteiger partial charge on any atom is 0.312 e. The van der Waals surface area contributed by atoms with Gasteiger partial charge >= 0.3 is 5.97 Å². The van der Waals surface area contributed by atoms with Crippen LogP contribution in [0.25, 0.3) is 0 Å². The van der Waals surface area contributed by atoms with Crippen molar-refractivity contribution in [1.82, 2.24) is 0 Å².